The second kappa shape index (κ2) is 8.59. The summed E-state index contributed by atoms with van der Waals surface area (Å²) >= 11 is 0. The number of anilines is 2. The summed E-state index contributed by atoms with van der Waals surface area (Å²) in [5.74, 6) is 1.31. The number of phenols is 1. The van der Waals surface area contributed by atoms with Crippen molar-refractivity contribution in [3.8, 4) is 11.8 Å². The standard InChI is InChI=1S/C24H29N5O2/c1-2-13-31-24-26-21-16-29(22-15-18(30)14-17-5-3-4-6-19(17)22)10-7-20(21)23(27-24)28-11-8-25-9-12-28/h3-6,14-15,25,30H,2,7-13,16H2,1H3. The van der Waals surface area contributed by atoms with Crippen LogP contribution in [0.3, 0.4) is 0 Å². The van der Waals surface area contributed by atoms with E-state index in [-0.39, 0.29) is 5.75 Å². The van der Waals surface area contributed by atoms with Gasteiger partial charge < -0.3 is 25.0 Å². The van der Waals surface area contributed by atoms with Crippen LogP contribution < -0.4 is 19.9 Å². The van der Waals surface area contributed by atoms with Gasteiger partial charge in [0.05, 0.1) is 18.8 Å². The summed E-state index contributed by atoms with van der Waals surface area (Å²) in [6, 6.07) is 12.3. The number of aromatic nitrogens is 2. The van der Waals surface area contributed by atoms with Gasteiger partial charge in [0, 0.05) is 55.4 Å². The van der Waals surface area contributed by atoms with E-state index in [0.717, 1.165) is 73.5 Å². The van der Waals surface area contributed by atoms with E-state index in [9.17, 15) is 5.11 Å². The van der Waals surface area contributed by atoms with Crippen LogP contribution in [-0.4, -0.2) is 54.4 Å². The van der Waals surface area contributed by atoms with Gasteiger partial charge in [-0.25, -0.2) is 0 Å². The summed E-state index contributed by atoms with van der Waals surface area (Å²) in [6.07, 6.45) is 1.79. The molecule has 2 N–H and O–H groups in total. The number of piperazine rings is 1. The largest absolute Gasteiger partial charge is 0.508 e. The van der Waals surface area contributed by atoms with Crippen LogP contribution >= 0.6 is 0 Å². The number of hydrogen-bond acceptors (Lipinski definition) is 7. The van der Waals surface area contributed by atoms with Gasteiger partial charge in [-0.1, -0.05) is 31.2 Å². The maximum Gasteiger partial charge on any atom is 0.318 e. The summed E-state index contributed by atoms with van der Waals surface area (Å²) in [5.41, 5.74) is 3.29. The molecule has 0 aliphatic carbocycles. The Morgan fingerprint density at radius 3 is 2.74 bits per heavy atom. The lowest BCUT2D eigenvalue weighted by atomic mass is 10.0. The first-order valence-electron chi connectivity index (χ1n) is 11.2. The van der Waals surface area contributed by atoms with Crippen LogP contribution in [0.2, 0.25) is 0 Å². The van der Waals surface area contributed by atoms with E-state index in [1.807, 2.05) is 30.3 Å². The molecular weight excluding hydrogens is 390 g/mol. The van der Waals surface area contributed by atoms with Gasteiger partial charge in [0.1, 0.15) is 11.6 Å². The van der Waals surface area contributed by atoms with Crippen molar-refractivity contribution < 1.29 is 9.84 Å². The van der Waals surface area contributed by atoms with Gasteiger partial charge in [0.2, 0.25) is 0 Å². The molecule has 3 aromatic rings. The number of aromatic hydroxyl groups is 1. The van der Waals surface area contributed by atoms with Gasteiger partial charge >= 0.3 is 6.01 Å². The molecule has 0 unspecified atom stereocenters. The number of ether oxygens (including phenoxy) is 1. The van der Waals surface area contributed by atoms with E-state index in [4.69, 9.17) is 14.7 Å². The van der Waals surface area contributed by atoms with Crippen LogP contribution in [0.15, 0.2) is 36.4 Å². The average Bonchev–Trinajstić information content (AvgIpc) is 2.81. The highest BCUT2D eigenvalue weighted by Gasteiger charge is 2.27. The molecule has 1 fully saturated rings. The van der Waals surface area contributed by atoms with Crippen LogP contribution in [0.25, 0.3) is 10.8 Å². The molecule has 0 atom stereocenters. The molecular formula is C24H29N5O2. The van der Waals surface area contributed by atoms with Gasteiger partial charge in [-0.3, -0.25) is 0 Å². The minimum absolute atomic E-state index is 0.288. The summed E-state index contributed by atoms with van der Waals surface area (Å²) in [7, 11) is 0. The van der Waals surface area contributed by atoms with E-state index in [1.54, 1.807) is 0 Å². The fourth-order valence-corrected chi connectivity index (χ4v) is 4.53. The zero-order valence-electron chi connectivity index (χ0n) is 18.0. The molecule has 0 bridgehead atoms. The Balaban J connectivity index is 1.53. The van der Waals surface area contributed by atoms with Crippen molar-refractivity contribution in [3.63, 3.8) is 0 Å². The zero-order valence-corrected chi connectivity index (χ0v) is 18.0. The predicted octanol–water partition coefficient (Wildman–Crippen LogP) is 3.10. The molecule has 0 saturated carbocycles. The highest BCUT2D eigenvalue weighted by Crippen LogP contribution is 2.36. The van der Waals surface area contributed by atoms with Crippen LogP contribution in [0.5, 0.6) is 11.8 Å². The quantitative estimate of drug-likeness (QED) is 0.658. The molecule has 31 heavy (non-hydrogen) atoms. The lowest BCUT2D eigenvalue weighted by Gasteiger charge is -2.35. The summed E-state index contributed by atoms with van der Waals surface area (Å²) in [5, 5.41) is 15.9. The van der Waals surface area contributed by atoms with E-state index < -0.39 is 0 Å². The minimum atomic E-state index is 0.288. The Hall–Kier alpha value is -3.06. The normalized spacial score (nSPS) is 16.4. The second-order valence-electron chi connectivity index (χ2n) is 8.20. The molecule has 7 heteroatoms. The molecule has 1 aromatic heterocycles. The molecule has 2 aliphatic heterocycles. The van der Waals surface area contributed by atoms with Crippen LogP contribution in [-0.2, 0) is 13.0 Å². The third-order valence-electron chi connectivity index (χ3n) is 6.04. The van der Waals surface area contributed by atoms with E-state index in [2.05, 4.69) is 28.1 Å². The van der Waals surface area contributed by atoms with Crippen molar-refractivity contribution in [2.24, 2.45) is 0 Å². The van der Waals surface area contributed by atoms with Crippen molar-refractivity contribution in [3.05, 3.63) is 47.7 Å². The number of phenolic OH excluding ortho intramolecular Hbond substituents is 1. The molecule has 0 radical (unpaired) electrons. The molecule has 1 saturated heterocycles. The topological polar surface area (TPSA) is 73.8 Å². The van der Waals surface area contributed by atoms with Gasteiger partial charge in [0.25, 0.3) is 0 Å². The third-order valence-corrected chi connectivity index (χ3v) is 6.04. The van der Waals surface area contributed by atoms with E-state index in [0.29, 0.717) is 19.2 Å². The Bertz CT molecular complexity index is 1080. The molecule has 2 aromatic carbocycles. The van der Waals surface area contributed by atoms with Crippen molar-refractivity contribution in [1.29, 1.82) is 0 Å². The van der Waals surface area contributed by atoms with Gasteiger partial charge in [-0.15, -0.1) is 0 Å². The summed E-state index contributed by atoms with van der Waals surface area (Å²) in [4.78, 5) is 14.3. The number of rotatable bonds is 5. The first kappa shape index (κ1) is 19.9. The van der Waals surface area contributed by atoms with Crippen LogP contribution in [0.4, 0.5) is 11.5 Å². The zero-order chi connectivity index (χ0) is 21.2. The van der Waals surface area contributed by atoms with Crippen molar-refractivity contribution in [2.45, 2.75) is 26.3 Å². The van der Waals surface area contributed by atoms with E-state index in [1.165, 1.54) is 5.56 Å². The van der Waals surface area contributed by atoms with Gasteiger partial charge in [-0.05, 0) is 24.3 Å². The monoisotopic (exact) mass is 419 g/mol. The van der Waals surface area contributed by atoms with Gasteiger partial charge in [-0.2, -0.15) is 9.97 Å². The maximum atomic E-state index is 10.3. The molecule has 5 rings (SSSR count). The Kier molecular flexibility index (Phi) is 5.51. The maximum absolute atomic E-state index is 10.3. The molecule has 7 nitrogen and oxygen atoms in total. The van der Waals surface area contributed by atoms with E-state index >= 15 is 0 Å². The molecule has 2 aliphatic rings. The van der Waals surface area contributed by atoms with Crippen LogP contribution in [0, 0.1) is 0 Å². The van der Waals surface area contributed by atoms with Crippen molar-refractivity contribution in [2.75, 3.05) is 49.1 Å². The smallest absolute Gasteiger partial charge is 0.318 e. The first-order chi connectivity index (χ1) is 15.2. The fourth-order valence-electron chi connectivity index (χ4n) is 4.53. The lowest BCUT2D eigenvalue weighted by molar-refractivity contribution is 0.290. The molecule has 0 spiro atoms. The first-order valence-corrected chi connectivity index (χ1v) is 11.2. The Morgan fingerprint density at radius 1 is 1.06 bits per heavy atom. The average molecular weight is 420 g/mol. The number of nitrogens with one attached hydrogen (secondary N) is 1. The molecule has 0 amide bonds. The summed E-state index contributed by atoms with van der Waals surface area (Å²) in [6.45, 7) is 8.04. The van der Waals surface area contributed by atoms with Crippen LogP contribution in [0.1, 0.15) is 24.6 Å². The lowest BCUT2D eigenvalue weighted by Crippen LogP contribution is -2.45. The van der Waals surface area contributed by atoms with Crippen molar-refractivity contribution in [1.82, 2.24) is 15.3 Å². The number of nitrogens with zero attached hydrogens (tertiary/aromatic N) is 4. The Morgan fingerprint density at radius 2 is 1.90 bits per heavy atom. The van der Waals surface area contributed by atoms with Gasteiger partial charge in [0.15, 0.2) is 0 Å². The highest BCUT2D eigenvalue weighted by atomic mass is 16.5. The fraction of sp³-hybridized carbons (Fsp3) is 0.417. The number of hydrogen-bond donors (Lipinski definition) is 2. The second-order valence-corrected chi connectivity index (χ2v) is 8.20. The van der Waals surface area contributed by atoms with Crippen molar-refractivity contribution >= 4 is 22.3 Å². The predicted molar refractivity (Wildman–Crippen MR) is 123 cm³/mol. The third kappa shape index (κ3) is 3.97. The molecule has 3 heterocycles. The SMILES string of the molecule is CCCOc1nc2c(c(N3CCNCC3)n1)CCN(c1cc(O)cc3ccccc13)C2. The Labute approximate surface area is 182 Å². The highest BCUT2D eigenvalue weighted by molar-refractivity contribution is 5.95. The minimum Gasteiger partial charge on any atom is -0.508 e. The number of benzene rings is 2. The number of fused-ring (bicyclic) bond motifs is 2. The summed E-state index contributed by atoms with van der Waals surface area (Å²) < 4.78 is 5.86. The molecule has 162 valence electrons.